The number of benzene rings is 1. The van der Waals surface area contributed by atoms with Crippen molar-refractivity contribution in [2.45, 2.75) is 19.5 Å². The van der Waals surface area contributed by atoms with E-state index in [9.17, 15) is 4.79 Å². The van der Waals surface area contributed by atoms with E-state index in [2.05, 4.69) is 10.6 Å². The van der Waals surface area contributed by atoms with Crippen molar-refractivity contribution in [3.63, 3.8) is 0 Å². The molecule has 0 aromatic heterocycles. The Labute approximate surface area is 108 Å². The van der Waals surface area contributed by atoms with Gasteiger partial charge in [-0.25, -0.2) is 0 Å². The van der Waals surface area contributed by atoms with E-state index < -0.39 is 0 Å². The topological polar surface area (TPSA) is 50.4 Å². The number of halogens is 1. The Morgan fingerprint density at radius 3 is 2.76 bits per heavy atom. The summed E-state index contributed by atoms with van der Waals surface area (Å²) >= 11 is 0. The molecule has 0 aliphatic rings. The number of rotatable bonds is 5. The highest BCUT2D eigenvalue weighted by Gasteiger charge is 2.09. The first-order valence-corrected chi connectivity index (χ1v) is 5.25. The molecule has 0 aliphatic heterocycles. The number of carbonyl (C=O) groups is 1. The van der Waals surface area contributed by atoms with E-state index in [1.165, 1.54) is 0 Å². The molecule has 1 amide bonds. The highest BCUT2D eigenvalue weighted by atomic mass is 35.5. The molecule has 1 aromatic carbocycles. The van der Waals surface area contributed by atoms with Gasteiger partial charge in [-0.3, -0.25) is 4.79 Å². The molecule has 96 valence electrons. The minimum atomic E-state index is -0.198. The van der Waals surface area contributed by atoms with Crippen LogP contribution in [0.15, 0.2) is 24.3 Å². The van der Waals surface area contributed by atoms with E-state index in [1.807, 2.05) is 31.2 Å². The SMILES string of the molecule is CNC(=O)[C@@H](C)NCc1cccc(OC)c1.Cl. The van der Waals surface area contributed by atoms with Crippen LogP contribution >= 0.6 is 12.4 Å². The molecule has 0 saturated heterocycles. The average molecular weight is 259 g/mol. The Bertz CT molecular complexity index is 358. The molecule has 0 fully saturated rings. The molecular formula is C12H19ClN2O2. The fraction of sp³-hybridized carbons (Fsp3) is 0.417. The van der Waals surface area contributed by atoms with Crippen LogP contribution in [-0.4, -0.2) is 26.1 Å². The Morgan fingerprint density at radius 1 is 1.47 bits per heavy atom. The minimum absolute atomic E-state index is 0. The third kappa shape index (κ3) is 5.06. The smallest absolute Gasteiger partial charge is 0.236 e. The lowest BCUT2D eigenvalue weighted by atomic mass is 10.2. The number of ether oxygens (including phenoxy) is 1. The third-order valence-corrected chi connectivity index (χ3v) is 2.39. The highest BCUT2D eigenvalue weighted by molar-refractivity contribution is 5.85. The van der Waals surface area contributed by atoms with Gasteiger partial charge >= 0.3 is 0 Å². The number of carbonyl (C=O) groups excluding carboxylic acids is 1. The number of amides is 1. The normalized spacial score (nSPS) is 11.2. The van der Waals surface area contributed by atoms with Gasteiger partial charge in [0.05, 0.1) is 13.2 Å². The van der Waals surface area contributed by atoms with Crippen LogP contribution in [0.5, 0.6) is 5.75 Å². The summed E-state index contributed by atoms with van der Waals surface area (Å²) in [4.78, 5) is 11.3. The molecule has 4 nitrogen and oxygen atoms in total. The van der Waals surface area contributed by atoms with Crippen molar-refractivity contribution in [3.05, 3.63) is 29.8 Å². The number of likely N-dealkylation sites (N-methyl/N-ethyl adjacent to an activating group) is 1. The minimum Gasteiger partial charge on any atom is -0.497 e. The van der Waals surface area contributed by atoms with Crippen LogP contribution < -0.4 is 15.4 Å². The van der Waals surface area contributed by atoms with Gasteiger partial charge in [0.15, 0.2) is 0 Å². The second kappa shape index (κ2) is 7.92. The Hall–Kier alpha value is -1.26. The van der Waals surface area contributed by atoms with Crippen molar-refractivity contribution in [2.24, 2.45) is 0 Å². The van der Waals surface area contributed by atoms with Crippen LogP contribution in [0.3, 0.4) is 0 Å². The molecule has 5 heteroatoms. The van der Waals surface area contributed by atoms with Gasteiger partial charge in [0.2, 0.25) is 5.91 Å². The van der Waals surface area contributed by atoms with Gasteiger partial charge in [0.25, 0.3) is 0 Å². The number of nitrogens with one attached hydrogen (secondary N) is 2. The quantitative estimate of drug-likeness (QED) is 0.838. The summed E-state index contributed by atoms with van der Waals surface area (Å²) in [6.45, 7) is 2.48. The van der Waals surface area contributed by atoms with Gasteiger partial charge in [-0.1, -0.05) is 12.1 Å². The average Bonchev–Trinajstić information content (AvgIpc) is 2.35. The fourth-order valence-electron chi connectivity index (χ4n) is 1.36. The monoisotopic (exact) mass is 258 g/mol. The molecule has 0 unspecified atom stereocenters. The van der Waals surface area contributed by atoms with Gasteiger partial charge in [-0.15, -0.1) is 12.4 Å². The molecule has 1 rings (SSSR count). The molecular weight excluding hydrogens is 240 g/mol. The summed E-state index contributed by atoms with van der Waals surface area (Å²) in [6.07, 6.45) is 0. The van der Waals surface area contributed by atoms with Crippen molar-refractivity contribution in [1.82, 2.24) is 10.6 Å². The fourth-order valence-corrected chi connectivity index (χ4v) is 1.36. The first kappa shape index (κ1) is 15.7. The van der Waals surface area contributed by atoms with E-state index in [0.29, 0.717) is 6.54 Å². The molecule has 1 aromatic rings. The van der Waals surface area contributed by atoms with Crippen LogP contribution in [0.2, 0.25) is 0 Å². The molecule has 0 aliphatic carbocycles. The highest BCUT2D eigenvalue weighted by Crippen LogP contribution is 2.12. The van der Waals surface area contributed by atoms with Crippen molar-refractivity contribution >= 4 is 18.3 Å². The maximum absolute atomic E-state index is 11.3. The molecule has 1 atom stereocenters. The standard InChI is InChI=1S/C12H18N2O2.ClH/c1-9(12(15)13-2)14-8-10-5-4-6-11(7-10)16-3;/h4-7,9,14H,8H2,1-3H3,(H,13,15);1H/t9-;/m1./s1. The molecule has 2 N–H and O–H groups in total. The zero-order valence-corrected chi connectivity index (χ0v) is 11.1. The van der Waals surface area contributed by atoms with E-state index in [-0.39, 0.29) is 24.4 Å². The lowest BCUT2D eigenvalue weighted by molar-refractivity contribution is -0.122. The summed E-state index contributed by atoms with van der Waals surface area (Å²) in [5.41, 5.74) is 1.09. The predicted molar refractivity (Wildman–Crippen MR) is 70.6 cm³/mol. The van der Waals surface area contributed by atoms with Gasteiger partial charge in [-0.2, -0.15) is 0 Å². The molecule has 0 bridgehead atoms. The van der Waals surface area contributed by atoms with Crippen LogP contribution in [0.4, 0.5) is 0 Å². The van der Waals surface area contributed by atoms with E-state index in [0.717, 1.165) is 11.3 Å². The van der Waals surface area contributed by atoms with E-state index in [1.54, 1.807) is 14.2 Å². The second-order valence-corrected chi connectivity index (χ2v) is 3.57. The first-order chi connectivity index (χ1) is 7.67. The summed E-state index contributed by atoms with van der Waals surface area (Å²) in [5, 5.41) is 5.73. The van der Waals surface area contributed by atoms with Crippen LogP contribution in [-0.2, 0) is 11.3 Å². The van der Waals surface area contributed by atoms with Crippen molar-refractivity contribution in [1.29, 1.82) is 0 Å². The Balaban J connectivity index is 0.00000256. The summed E-state index contributed by atoms with van der Waals surface area (Å²) in [7, 11) is 3.27. The largest absolute Gasteiger partial charge is 0.497 e. The zero-order valence-electron chi connectivity index (χ0n) is 10.3. The lowest BCUT2D eigenvalue weighted by Crippen LogP contribution is -2.40. The van der Waals surface area contributed by atoms with E-state index in [4.69, 9.17) is 4.74 Å². The van der Waals surface area contributed by atoms with Crippen LogP contribution in [0.1, 0.15) is 12.5 Å². The number of methoxy groups -OCH3 is 1. The number of hydrogen-bond donors (Lipinski definition) is 2. The van der Waals surface area contributed by atoms with Crippen molar-refractivity contribution < 1.29 is 9.53 Å². The second-order valence-electron chi connectivity index (χ2n) is 3.57. The third-order valence-electron chi connectivity index (χ3n) is 2.39. The lowest BCUT2D eigenvalue weighted by Gasteiger charge is -2.12. The van der Waals surface area contributed by atoms with Crippen LogP contribution in [0, 0.1) is 0 Å². The summed E-state index contributed by atoms with van der Waals surface area (Å²) in [6, 6.07) is 7.57. The molecule has 17 heavy (non-hydrogen) atoms. The molecule has 0 spiro atoms. The molecule has 0 heterocycles. The maximum Gasteiger partial charge on any atom is 0.236 e. The van der Waals surface area contributed by atoms with Gasteiger partial charge in [-0.05, 0) is 24.6 Å². The van der Waals surface area contributed by atoms with Crippen molar-refractivity contribution in [3.8, 4) is 5.75 Å². The summed E-state index contributed by atoms with van der Waals surface area (Å²) in [5.74, 6) is 0.815. The summed E-state index contributed by atoms with van der Waals surface area (Å²) < 4.78 is 5.12. The van der Waals surface area contributed by atoms with Gasteiger partial charge < -0.3 is 15.4 Å². The maximum atomic E-state index is 11.3. The van der Waals surface area contributed by atoms with Crippen LogP contribution in [0.25, 0.3) is 0 Å². The predicted octanol–water partition coefficient (Wildman–Crippen LogP) is 1.34. The number of hydrogen-bond acceptors (Lipinski definition) is 3. The van der Waals surface area contributed by atoms with E-state index >= 15 is 0 Å². The van der Waals surface area contributed by atoms with Gasteiger partial charge in [0, 0.05) is 13.6 Å². The molecule has 0 saturated carbocycles. The zero-order chi connectivity index (χ0) is 12.0. The first-order valence-electron chi connectivity index (χ1n) is 5.25. The van der Waals surface area contributed by atoms with Crippen molar-refractivity contribution in [2.75, 3.05) is 14.2 Å². The Morgan fingerprint density at radius 2 is 2.18 bits per heavy atom. The Kier molecular flexibility index (Phi) is 7.34. The van der Waals surface area contributed by atoms with Gasteiger partial charge in [0.1, 0.15) is 5.75 Å². The molecule has 0 radical (unpaired) electrons.